The molecule has 0 fully saturated rings. The van der Waals surface area contributed by atoms with E-state index < -0.39 is 5.82 Å². The Morgan fingerprint density at radius 2 is 1.78 bits per heavy atom. The summed E-state index contributed by atoms with van der Waals surface area (Å²) >= 11 is 11.7. The van der Waals surface area contributed by atoms with Gasteiger partial charge in [0.05, 0.1) is 11.2 Å². The molecule has 1 heterocycles. The number of nitrogens with one attached hydrogen (secondary N) is 2. The Bertz CT molecular complexity index is 844. The van der Waals surface area contributed by atoms with E-state index in [0.29, 0.717) is 22.5 Å². The van der Waals surface area contributed by atoms with Gasteiger partial charge in [0, 0.05) is 16.4 Å². The second kappa shape index (κ2) is 6.76. The summed E-state index contributed by atoms with van der Waals surface area (Å²) in [5, 5.41) is 14.4. The fourth-order valence-electron chi connectivity index (χ4n) is 1.83. The monoisotopic (exact) mass is 349 g/mol. The molecule has 0 saturated carbocycles. The van der Waals surface area contributed by atoms with Crippen LogP contribution in [-0.4, -0.2) is 15.2 Å². The van der Waals surface area contributed by atoms with Crippen molar-refractivity contribution in [2.45, 2.75) is 0 Å². The van der Waals surface area contributed by atoms with Crippen LogP contribution in [0.5, 0.6) is 0 Å². The van der Waals surface area contributed by atoms with Gasteiger partial charge in [0.1, 0.15) is 5.82 Å². The molecule has 2 N–H and O–H groups in total. The Kier molecular flexibility index (Phi) is 4.55. The van der Waals surface area contributed by atoms with E-state index in [0.717, 1.165) is 5.69 Å². The topological polar surface area (TPSA) is 62.7 Å². The van der Waals surface area contributed by atoms with Crippen molar-refractivity contribution in [2.24, 2.45) is 0 Å². The summed E-state index contributed by atoms with van der Waals surface area (Å²) in [6.45, 7) is 0. The summed E-state index contributed by atoms with van der Waals surface area (Å²) in [4.78, 5) is 4.27. The van der Waals surface area contributed by atoms with Crippen molar-refractivity contribution in [1.82, 2.24) is 15.2 Å². The molecule has 5 nitrogen and oxygen atoms in total. The van der Waals surface area contributed by atoms with E-state index in [2.05, 4.69) is 25.8 Å². The molecule has 0 radical (unpaired) electrons. The molecule has 0 bridgehead atoms. The van der Waals surface area contributed by atoms with Crippen LogP contribution < -0.4 is 10.6 Å². The lowest BCUT2D eigenvalue weighted by Crippen LogP contribution is -2.02. The average molecular weight is 350 g/mol. The lowest BCUT2D eigenvalue weighted by Gasteiger charge is -2.08. The zero-order chi connectivity index (χ0) is 16.2. The van der Waals surface area contributed by atoms with Crippen molar-refractivity contribution in [1.29, 1.82) is 0 Å². The second-order valence-corrected chi connectivity index (χ2v) is 5.40. The summed E-state index contributed by atoms with van der Waals surface area (Å²) in [6, 6.07) is 11.4. The van der Waals surface area contributed by atoms with Gasteiger partial charge in [0.25, 0.3) is 0 Å². The predicted molar refractivity (Wildman–Crippen MR) is 89.3 cm³/mol. The van der Waals surface area contributed by atoms with Gasteiger partial charge in [-0.2, -0.15) is 10.1 Å². The second-order valence-electron chi connectivity index (χ2n) is 4.55. The van der Waals surface area contributed by atoms with Crippen LogP contribution in [0.1, 0.15) is 0 Å². The molecule has 0 unspecified atom stereocenters. The van der Waals surface area contributed by atoms with Crippen LogP contribution in [0.15, 0.2) is 48.7 Å². The minimum absolute atomic E-state index is 0.0225. The van der Waals surface area contributed by atoms with E-state index >= 15 is 0 Å². The molecule has 0 spiro atoms. The Morgan fingerprint density at radius 3 is 2.57 bits per heavy atom. The van der Waals surface area contributed by atoms with E-state index in [1.54, 1.807) is 24.3 Å². The van der Waals surface area contributed by atoms with Gasteiger partial charge in [-0.3, -0.25) is 0 Å². The van der Waals surface area contributed by atoms with Gasteiger partial charge in [0.15, 0.2) is 5.82 Å². The molecular weight excluding hydrogens is 340 g/mol. The largest absolute Gasteiger partial charge is 0.339 e. The number of nitrogens with zero attached hydrogens (tertiary/aromatic N) is 3. The minimum Gasteiger partial charge on any atom is -0.339 e. The van der Waals surface area contributed by atoms with Gasteiger partial charge in [-0.1, -0.05) is 29.3 Å². The quantitative estimate of drug-likeness (QED) is 0.707. The van der Waals surface area contributed by atoms with Crippen molar-refractivity contribution in [2.75, 3.05) is 10.6 Å². The maximum atomic E-state index is 13.2. The van der Waals surface area contributed by atoms with Crippen LogP contribution in [0.4, 0.5) is 27.5 Å². The van der Waals surface area contributed by atoms with Gasteiger partial charge in [0.2, 0.25) is 5.95 Å². The third-order valence-corrected chi connectivity index (χ3v) is 3.36. The van der Waals surface area contributed by atoms with Crippen LogP contribution in [-0.2, 0) is 0 Å². The van der Waals surface area contributed by atoms with Gasteiger partial charge < -0.3 is 10.6 Å². The summed E-state index contributed by atoms with van der Waals surface area (Å²) in [7, 11) is 0. The molecule has 116 valence electrons. The standard InChI is InChI=1S/C15H10Cl2FN5/c16-9-2-1-3-10(6-9)21-15-22-14(8-19-23-15)20-11-4-5-13(18)12(17)7-11/h1-8H,(H2,20,21,22,23). The molecule has 0 amide bonds. The van der Waals surface area contributed by atoms with Gasteiger partial charge >= 0.3 is 0 Å². The summed E-state index contributed by atoms with van der Waals surface area (Å²) < 4.78 is 13.2. The van der Waals surface area contributed by atoms with Gasteiger partial charge in [-0.25, -0.2) is 4.39 Å². The highest BCUT2D eigenvalue weighted by Gasteiger charge is 2.05. The molecular formula is C15H10Cl2FN5. The first-order valence-corrected chi connectivity index (χ1v) is 7.30. The zero-order valence-corrected chi connectivity index (χ0v) is 13.1. The van der Waals surface area contributed by atoms with Crippen molar-refractivity contribution in [3.8, 4) is 0 Å². The van der Waals surface area contributed by atoms with Crippen molar-refractivity contribution in [3.05, 3.63) is 64.5 Å². The predicted octanol–water partition coefficient (Wildman–Crippen LogP) is 4.80. The smallest absolute Gasteiger partial charge is 0.249 e. The molecule has 1 aromatic heterocycles. The van der Waals surface area contributed by atoms with E-state index in [4.69, 9.17) is 23.2 Å². The van der Waals surface area contributed by atoms with Gasteiger partial charge in [-0.05, 0) is 36.4 Å². The van der Waals surface area contributed by atoms with Crippen LogP contribution in [0.25, 0.3) is 0 Å². The number of hydrogen-bond acceptors (Lipinski definition) is 5. The SMILES string of the molecule is Fc1ccc(Nc2cnnc(Nc3cccc(Cl)c3)n2)cc1Cl. The maximum Gasteiger partial charge on any atom is 0.249 e. The molecule has 8 heteroatoms. The first-order valence-electron chi connectivity index (χ1n) is 6.54. The molecule has 0 aliphatic rings. The first-order chi connectivity index (χ1) is 11.1. The Labute approximate surface area is 141 Å². The zero-order valence-electron chi connectivity index (χ0n) is 11.6. The van der Waals surface area contributed by atoms with E-state index in [9.17, 15) is 4.39 Å². The van der Waals surface area contributed by atoms with Gasteiger partial charge in [-0.15, -0.1) is 5.10 Å². The molecule has 0 saturated heterocycles. The summed E-state index contributed by atoms with van der Waals surface area (Å²) in [6.07, 6.45) is 1.44. The minimum atomic E-state index is -0.485. The number of anilines is 4. The average Bonchev–Trinajstić information content (AvgIpc) is 2.51. The Hall–Kier alpha value is -2.44. The van der Waals surface area contributed by atoms with Crippen LogP contribution in [0, 0.1) is 5.82 Å². The molecule has 23 heavy (non-hydrogen) atoms. The Morgan fingerprint density at radius 1 is 0.957 bits per heavy atom. The maximum absolute atomic E-state index is 13.2. The highest BCUT2D eigenvalue weighted by Crippen LogP contribution is 2.22. The normalized spacial score (nSPS) is 10.4. The van der Waals surface area contributed by atoms with Crippen molar-refractivity contribution < 1.29 is 4.39 Å². The van der Waals surface area contributed by atoms with Crippen molar-refractivity contribution >= 4 is 46.3 Å². The molecule has 3 aromatic rings. The van der Waals surface area contributed by atoms with Crippen LogP contribution in [0.3, 0.4) is 0 Å². The fourth-order valence-corrected chi connectivity index (χ4v) is 2.20. The molecule has 3 rings (SSSR count). The number of aromatic nitrogens is 3. The van der Waals surface area contributed by atoms with Crippen molar-refractivity contribution in [3.63, 3.8) is 0 Å². The lowest BCUT2D eigenvalue weighted by atomic mass is 10.3. The Balaban J connectivity index is 1.78. The van der Waals surface area contributed by atoms with E-state index in [-0.39, 0.29) is 5.02 Å². The summed E-state index contributed by atoms with van der Waals surface area (Å²) in [5.74, 6) is 0.249. The summed E-state index contributed by atoms with van der Waals surface area (Å²) in [5.41, 5.74) is 1.33. The third-order valence-electron chi connectivity index (χ3n) is 2.83. The fraction of sp³-hybridized carbons (Fsp3) is 0. The number of rotatable bonds is 4. The highest BCUT2D eigenvalue weighted by atomic mass is 35.5. The molecule has 0 aliphatic heterocycles. The molecule has 2 aromatic carbocycles. The number of hydrogen-bond donors (Lipinski definition) is 2. The third kappa shape index (κ3) is 4.06. The van der Waals surface area contributed by atoms with Crippen LogP contribution in [0.2, 0.25) is 10.0 Å². The van der Waals surface area contributed by atoms with Crippen LogP contribution >= 0.6 is 23.2 Å². The first kappa shape index (κ1) is 15.5. The number of benzene rings is 2. The highest BCUT2D eigenvalue weighted by molar-refractivity contribution is 6.31. The van der Waals surface area contributed by atoms with E-state index in [1.807, 2.05) is 6.07 Å². The molecule has 0 aliphatic carbocycles. The van der Waals surface area contributed by atoms with E-state index in [1.165, 1.54) is 18.3 Å². The lowest BCUT2D eigenvalue weighted by molar-refractivity contribution is 0.628. The molecule has 0 atom stereocenters. The number of halogens is 3.